The van der Waals surface area contributed by atoms with E-state index in [1.165, 1.54) is 24.4 Å². The van der Waals surface area contributed by atoms with Crippen molar-refractivity contribution in [3.8, 4) is 5.75 Å². The summed E-state index contributed by atoms with van der Waals surface area (Å²) in [7, 11) is 0. The standard InChI is InChI=1S/C9H9NO4/c11-7-4-6(5-10-9(7)14)2-1-3-8(12)13/h1-2,4-5,11H,3H2,(H,10,14)(H,12,13). The third-order valence-corrected chi connectivity index (χ3v) is 1.51. The number of hydrogen-bond acceptors (Lipinski definition) is 3. The largest absolute Gasteiger partial charge is 0.503 e. The van der Waals surface area contributed by atoms with E-state index in [0.717, 1.165) is 0 Å². The lowest BCUT2D eigenvalue weighted by atomic mass is 10.2. The molecule has 1 rings (SSSR count). The molecule has 1 aromatic heterocycles. The second kappa shape index (κ2) is 4.27. The molecule has 0 amide bonds. The van der Waals surface area contributed by atoms with E-state index in [4.69, 9.17) is 10.2 Å². The van der Waals surface area contributed by atoms with Crippen LogP contribution in [0.4, 0.5) is 0 Å². The molecule has 0 bridgehead atoms. The molecule has 5 heteroatoms. The van der Waals surface area contributed by atoms with Crippen molar-refractivity contribution in [2.75, 3.05) is 0 Å². The van der Waals surface area contributed by atoms with Crippen LogP contribution in [0.3, 0.4) is 0 Å². The van der Waals surface area contributed by atoms with E-state index in [1.54, 1.807) is 0 Å². The van der Waals surface area contributed by atoms with Gasteiger partial charge in [0.1, 0.15) is 0 Å². The third kappa shape index (κ3) is 2.78. The maximum absolute atomic E-state index is 10.7. The number of carboxylic acid groups (broad SMARTS) is 1. The molecule has 74 valence electrons. The average molecular weight is 195 g/mol. The number of aliphatic carboxylic acids is 1. The predicted octanol–water partition coefficient (Wildman–Crippen LogP) is 0.568. The van der Waals surface area contributed by atoms with Crippen LogP contribution in [-0.2, 0) is 4.79 Å². The third-order valence-electron chi connectivity index (χ3n) is 1.51. The molecule has 1 heterocycles. The van der Waals surface area contributed by atoms with Crippen molar-refractivity contribution in [3.63, 3.8) is 0 Å². The molecule has 0 radical (unpaired) electrons. The van der Waals surface area contributed by atoms with Crippen LogP contribution in [0, 0.1) is 0 Å². The fourth-order valence-corrected chi connectivity index (χ4v) is 0.880. The number of hydrogen-bond donors (Lipinski definition) is 3. The van der Waals surface area contributed by atoms with Gasteiger partial charge in [0.2, 0.25) is 0 Å². The first-order valence-electron chi connectivity index (χ1n) is 3.89. The Labute approximate surface area is 79.3 Å². The van der Waals surface area contributed by atoms with E-state index < -0.39 is 11.5 Å². The summed E-state index contributed by atoms with van der Waals surface area (Å²) in [5, 5.41) is 17.3. The zero-order valence-corrected chi connectivity index (χ0v) is 7.23. The number of aromatic nitrogens is 1. The topological polar surface area (TPSA) is 90.4 Å². The number of carbonyl (C=O) groups is 1. The monoisotopic (exact) mass is 195 g/mol. The summed E-state index contributed by atoms with van der Waals surface area (Å²) in [6.45, 7) is 0. The van der Waals surface area contributed by atoms with Crippen LogP contribution < -0.4 is 5.56 Å². The number of pyridine rings is 1. The number of carboxylic acids is 1. The van der Waals surface area contributed by atoms with E-state index in [0.29, 0.717) is 5.56 Å². The molecule has 0 aromatic carbocycles. The fourth-order valence-electron chi connectivity index (χ4n) is 0.880. The van der Waals surface area contributed by atoms with Crippen molar-refractivity contribution in [2.24, 2.45) is 0 Å². The highest BCUT2D eigenvalue weighted by Gasteiger charge is 1.96. The zero-order valence-electron chi connectivity index (χ0n) is 7.23. The normalized spacial score (nSPS) is 10.6. The first kappa shape index (κ1) is 10.0. The lowest BCUT2D eigenvalue weighted by Gasteiger charge is -1.93. The molecule has 0 aliphatic carbocycles. The van der Waals surface area contributed by atoms with Crippen LogP contribution in [0.25, 0.3) is 6.08 Å². The second-order valence-electron chi connectivity index (χ2n) is 2.65. The fraction of sp³-hybridized carbons (Fsp3) is 0.111. The van der Waals surface area contributed by atoms with E-state index in [9.17, 15) is 9.59 Å². The molecule has 0 aliphatic rings. The smallest absolute Gasteiger partial charge is 0.307 e. The van der Waals surface area contributed by atoms with Gasteiger partial charge in [-0.2, -0.15) is 0 Å². The molecule has 14 heavy (non-hydrogen) atoms. The summed E-state index contributed by atoms with van der Waals surface area (Å²) in [6.07, 6.45) is 4.22. The van der Waals surface area contributed by atoms with Gasteiger partial charge < -0.3 is 15.2 Å². The molecule has 0 atom stereocenters. The Hall–Kier alpha value is -2.04. The first-order valence-corrected chi connectivity index (χ1v) is 3.89. The van der Waals surface area contributed by atoms with Gasteiger partial charge in [0, 0.05) is 6.20 Å². The Kier molecular flexibility index (Phi) is 3.06. The van der Waals surface area contributed by atoms with Crippen LogP contribution in [0.2, 0.25) is 0 Å². The molecule has 0 unspecified atom stereocenters. The summed E-state index contributed by atoms with van der Waals surface area (Å²) in [6, 6.07) is 1.26. The van der Waals surface area contributed by atoms with Gasteiger partial charge in [-0.25, -0.2) is 0 Å². The van der Waals surface area contributed by atoms with E-state index in [2.05, 4.69) is 4.98 Å². The molecule has 0 aliphatic heterocycles. The molecule has 3 N–H and O–H groups in total. The number of H-pyrrole nitrogens is 1. The molecule has 0 saturated heterocycles. The highest BCUT2D eigenvalue weighted by Crippen LogP contribution is 2.05. The van der Waals surface area contributed by atoms with Gasteiger partial charge in [-0.15, -0.1) is 0 Å². The molecule has 5 nitrogen and oxygen atoms in total. The summed E-state index contributed by atoms with van der Waals surface area (Å²) in [4.78, 5) is 23.2. The van der Waals surface area contributed by atoms with E-state index >= 15 is 0 Å². The molecular formula is C9H9NO4. The van der Waals surface area contributed by atoms with Gasteiger partial charge >= 0.3 is 5.97 Å². The zero-order chi connectivity index (χ0) is 10.6. The maximum atomic E-state index is 10.7. The van der Waals surface area contributed by atoms with Crippen LogP contribution >= 0.6 is 0 Å². The van der Waals surface area contributed by atoms with Crippen LogP contribution in [0.5, 0.6) is 5.75 Å². The minimum atomic E-state index is -0.935. The molecular weight excluding hydrogens is 186 g/mol. The number of nitrogens with one attached hydrogen (secondary N) is 1. The van der Waals surface area contributed by atoms with Crippen molar-refractivity contribution in [2.45, 2.75) is 6.42 Å². The Morgan fingerprint density at radius 3 is 2.86 bits per heavy atom. The number of aromatic hydroxyl groups is 1. The van der Waals surface area contributed by atoms with Crippen molar-refractivity contribution < 1.29 is 15.0 Å². The van der Waals surface area contributed by atoms with Crippen molar-refractivity contribution in [1.82, 2.24) is 4.98 Å². The first-order chi connectivity index (χ1) is 6.59. The Balaban J connectivity index is 2.78. The molecule has 0 fully saturated rings. The molecule has 1 aromatic rings. The van der Waals surface area contributed by atoms with Crippen LogP contribution in [0.1, 0.15) is 12.0 Å². The van der Waals surface area contributed by atoms with Gasteiger partial charge in [0.05, 0.1) is 6.42 Å². The van der Waals surface area contributed by atoms with Gasteiger partial charge in [-0.05, 0) is 11.6 Å². The Morgan fingerprint density at radius 2 is 2.29 bits per heavy atom. The maximum Gasteiger partial charge on any atom is 0.307 e. The molecule has 0 spiro atoms. The van der Waals surface area contributed by atoms with Crippen LogP contribution in [0.15, 0.2) is 23.1 Å². The minimum absolute atomic E-state index is 0.0973. The molecule has 0 saturated carbocycles. The number of rotatable bonds is 3. The van der Waals surface area contributed by atoms with Crippen molar-refractivity contribution in [1.29, 1.82) is 0 Å². The summed E-state index contributed by atoms with van der Waals surface area (Å²) in [5.41, 5.74) is -0.0243. The Bertz CT molecular complexity index is 419. The van der Waals surface area contributed by atoms with E-state index in [-0.39, 0.29) is 12.2 Å². The predicted molar refractivity (Wildman–Crippen MR) is 50.0 cm³/mol. The lowest BCUT2D eigenvalue weighted by Crippen LogP contribution is -2.03. The summed E-state index contributed by atoms with van der Waals surface area (Å²) in [5.74, 6) is -1.32. The van der Waals surface area contributed by atoms with Crippen LogP contribution in [-0.4, -0.2) is 21.2 Å². The van der Waals surface area contributed by atoms with Gasteiger partial charge in [-0.1, -0.05) is 12.2 Å². The highest BCUT2D eigenvalue weighted by molar-refractivity contribution is 5.70. The summed E-state index contributed by atoms with van der Waals surface area (Å²) < 4.78 is 0. The quantitative estimate of drug-likeness (QED) is 0.657. The SMILES string of the molecule is O=C(O)CC=Cc1c[nH]c(=O)c(O)c1. The average Bonchev–Trinajstić information content (AvgIpc) is 2.10. The summed E-state index contributed by atoms with van der Waals surface area (Å²) >= 11 is 0. The second-order valence-corrected chi connectivity index (χ2v) is 2.65. The van der Waals surface area contributed by atoms with Gasteiger partial charge in [0.25, 0.3) is 5.56 Å². The highest BCUT2D eigenvalue weighted by atomic mass is 16.4. The number of aromatic amines is 1. The van der Waals surface area contributed by atoms with Crippen molar-refractivity contribution >= 4 is 12.0 Å². The lowest BCUT2D eigenvalue weighted by molar-refractivity contribution is -0.135. The van der Waals surface area contributed by atoms with Gasteiger partial charge in [-0.3, -0.25) is 9.59 Å². The van der Waals surface area contributed by atoms with E-state index in [1.807, 2.05) is 0 Å². The minimum Gasteiger partial charge on any atom is -0.503 e. The Morgan fingerprint density at radius 1 is 1.57 bits per heavy atom. The van der Waals surface area contributed by atoms with Crippen molar-refractivity contribution in [3.05, 3.63) is 34.3 Å². The van der Waals surface area contributed by atoms with Gasteiger partial charge in [0.15, 0.2) is 5.75 Å².